The third-order valence-electron chi connectivity index (χ3n) is 1.82. The van der Waals surface area contributed by atoms with Gasteiger partial charge in [0, 0.05) is 7.05 Å². The van der Waals surface area contributed by atoms with Crippen LogP contribution in [0.15, 0.2) is 24.3 Å². The lowest BCUT2D eigenvalue weighted by Crippen LogP contribution is -2.01. The summed E-state index contributed by atoms with van der Waals surface area (Å²) in [4.78, 5) is 14.2. The van der Waals surface area contributed by atoms with Crippen LogP contribution in [-0.2, 0) is 0 Å². The van der Waals surface area contributed by atoms with Gasteiger partial charge in [0.15, 0.2) is 0 Å². The van der Waals surface area contributed by atoms with Crippen LogP contribution in [-0.4, -0.2) is 23.6 Å². The van der Waals surface area contributed by atoms with Gasteiger partial charge in [-0.15, -0.1) is 0 Å². The molecular weight excluding hydrogens is 210 g/mol. The van der Waals surface area contributed by atoms with Crippen molar-refractivity contribution in [2.45, 2.75) is 6.92 Å². The Hall–Kier alpha value is -2.11. The first-order chi connectivity index (χ1) is 7.67. The van der Waals surface area contributed by atoms with Gasteiger partial charge in [0.2, 0.25) is 5.88 Å². The SMILES string of the molecule is C/C=C/COc1cc([N+](=O)[O-])cc(NC)n1. The Kier molecular flexibility index (Phi) is 4.26. The molecule has 0 amide bonds. The molecule has 0 fully saturated rings. The predicted octanol–water partition coefficient (Wildman–Crippen LogP) is 1.99. The van der Waals surface area contributed by atoms with Crippen LogP contribution in [0.3, 0.4) is 0 Å². The summed E-state index contributed by atoms with van der Waals surface area (Å²) in [6.07, 6.45) is 3.62. The highest BCUT2D eigenvalue weighted by Gasteiger charge is 2.10. The van der Waals surface area contributed by atoms with Gasteiger partial charge in [-0.25, -0.2) is 0 Å². The average Bonchev–Trinajstić information content (AvgIpc) is 2.29. The Bertz CT molecular complexity index is 404. The maximum Gasteiger partial charge on any atom is 0.278 e. The van der Waals surface area contributed by atoms with E-state index in [4.69, 9.17) is 4.74 Å². The van der Waals surface area contributed by atoms with Crippen molar-refractivity contribution in [3.05, 3.63) is 34.4 Å². The number of aromatic nitrogens is 1. The van der Waals surface area contributed by atoms with E-state index in [0.717, 1.165) is 0 Å². The van der Waals surface area contributed by atoms with E-state index in [1.54, 1.807) is 13.1 Å². The second-order valence-electron chi connectivity index (χ2n) is 2.94. The minimum Gasteiger partial charge on any atom is -0.473 e. The molecule has 1 rings (SSSR count). The van der Waals surface area contributed by atoms with Crippen molar-refractivity contribution in [2.24, 2.45) is 0 Å². The summed E-state index contributed by atoms with van der Waals surface area (Å²) in [5.74, 6) is 0.640. The van der Waals surface area contributed by atoms with Crippen molar-refractivity contribution >= 4 is 11.5 Å². The van der Waals surface area contributed by atoms with E-state index in [2.05, 4.69) is 10.3 Å². The Morgan fingerprint density at radius 2 is 2.38 bits per heavy atom. The van der Waals surface area contributed by atoms with Crippen LogP contribution in [0.2, 0.25) is 0 Å². The maximum atomic E-state index is 10.6. The van der Waals surface area contributed by atoms with Crippen LogP contribution in [0.5, 0.6) is 5.88 Å². The van der Waals surface area contributed by atoms with E-state index in [0.29, 0.717) is 12.4 Å². The number of pyridine rings is 1. The summed E-state index contributed by atoms with van der Waals surface area (Å²) in [5.41, 5.74) is -0.0465. The number of anilines is 1. The zero-order valence-electron chi connectivity index (χ0n) is 9.14. The van der Waals surface area contributed by atoms with Gasteiger partial charge >= 0.3 is 0 Å². The molecule has 0 atom stereocenters. The van der Waals surface area contributed by atoms with Gasteiger partial charge in [-0.2, -0.15) is 4.98 Å². The van der Waals surface area contributed by atoms with Crippen molar-refractivity contribution in [3.8, 4) is 5.88 Å². The molecule has 0 radical (unpaired) electrons. The van der Waals surface area contributed by atoms with E-state index in [1.165, 1.54) is 12.1 Å². The summed E-state index contributed by atoms with van der Waals surface area (Å²) < 4.78 is 5.24. The quantitative estimate of drug-likeness (QED) is 0.469. The van der Waals surface area contributed by atoms with Crippen molar-refractivity contribution in [1.82, 2.24) is 4.98 Å². The lowest BCUT2D eigenvalue weighted by atomic mass is 10.4. The second kappa shape index (κ2) is 5.69. The maximum absolute atomic E-state index is 10.6. The van der Waals surface area contributed by atoms with E-state index >= 15 is 0 Å². The first-order valence-electron chi connectivity index (χ1n) is 4.75. The average molecular weight is 223 g/mol. The molecule has 0 aliphatic rings. The van der Waals surface area contributed by atoms with Gasteiger partial charge in [0.05, 0.1) is 17.1 Å². The number of rotatable bonds is 5. The molecule has 1 aromatic rings. The molecule has 1 N–H and O–H groups in total. The highest BCUT2D eigenvalue weighted by molar-refractivity contribution is 5.47. The van der Waals surface area contributed by atoms with E-state index < -0.39 is 4.92 Å². The molecule has 0 spiro atoms. The number of ether oxygens (including phenoxy) is 1. The lowest BCUT2D eigenvalue weighted by molar-refractivity contribution is -0.384. The van der Waals surface area contributed by atoms with Gasteiger partial charge < -0.3 is 10.1 Å². The predicted molar refractivity (Wildman–Crippen MR) is 60.7 cm³/mol. The zero-order chi connectivity index (χ0) is 12.0. The Morgan fingerprint density at radius 3 is 2.94 bits per heavy atom. The third-order valence-corrected chi connectivity index (χ3v) is 1.82. The van der Waals surface area contributed by atoms with E-state index in [-0.39, 0.29) is 11.6 Å². The van der Waals surface area contributed by atoms with Gasteiger partial charge in [-0.1, -0.05) is 12.2 Å². The number of hydrogen-bond donors (Lipinski definition) is 1. The van der Waals surface area contributed by atoms with Crippen LogP contribution >= 0.6 is 0 Å². The number of nitrogens with zero attached hydrogens (tertiary/aromatic N) is 2. The van der Waals surface area contributed by atoms with Crippen molar-refractivity contribution in [3.63, 3.8) is 0 Å². The molecule has 1 aromatic heterocycles. The molecule has 0 saturated heterocycles. The molecule has 6 nitrogen and oxygen atoms in total. The fourth-order valence-corrected chi connectivity index (χ4v) is 1.03. The normalized spacial score (nSPS) is 10.4. The minimum absolute atomic E-state index is 0.0465. The van der Waals surface area contributed by atoms with Crippen molar-refractivity contribution in [1.29, 1.82) is 0 Å². The lowest BCUT2D eigenvalue weighted by Gasteiger charge is -2.04. The highest BCUT2D eigenvalue weighted by Crippen LogP contribution is 2.21. The smallest absolute Gasteiger partial charge is 0.278 e. The molecule has 0 saturated carbocycles. The van der Waals surface area contributed by atoms with Crippen LogP contribution in [0.1, 0.15) is 6.92 Å². The minimum atomic E-state index is -0.481. The summed E-state index contributed by atoms with van der Waals surface area (Å²) in [5, 5.41) is 13.4. The molecule has 0 unspecified atom stereocenters. The Labute approximate surface area is 93.1 Å². The molecule has 0 aliphatic carbocycles. The Morgan fingerprint density at radius 1 is 1.62 bits per heavy atom. The first kappa shape index (κ1) is 12.0. The second-order valence-corrected chi connectivity index (χ2v) is 2.94. The molecule has 6 heteroatoms. The third kappa shape index (κ3) is 3.23. The largest absolute Gasteiger partial charge is 0.473 e. The molecular formula is C10H13N3O3. The molecule has 0 aliphatic heterocycles. The molecule has 0 aromatic carbocycles. The fourth-order valence-electron chi connectivity index (χ4n) is 1.03. The van der Waals surface area contributed by atoms with Gasteiger partial charge in [-0.3, -0.25) is 10.1 Å². The molecule has 0 bridgehead atoms. The summed E-state index contributed by atoms with van der Waals surface area (Å²) in [6, 6.07) is 2.65. The Balaban J connectivity index is 2.90. The highest BCUT2D eigenvalue weighted by atomic mass is 16.6. The van der Waals surface area contributed by atoms with Crippen LogP contribution in [0, 0.1) is 10.1 Å². The fraction of sp³-hybridized carbons (Fsp3) is 0.300. The topological polar surface area (TPSA) is 77.3 Å². The standard InChI is InChI=1S/C10H13N3O3/c1-3-4-5-16-10-7-8(13(14)15)6-9(11-2)12-10/h3-4,6-7H,5H2,1-2H3,(H,11,12)/b4-3+. The van der Waals surface area contributed by atoms with E-state index in [1.807, 2.05) is 13.0 Å². The number of nitrogens with one attached hydrogen (secondary N) is 1. The molecule has 16 heavy (non-hydrogen) atoms. The molecule has 86 valence electrons. The van der Waals surface area contributed by atoms with Crippen LogP contribution < -0.4 is 10.1 Å². The first-order valence-corrected chi connectivity index (χ1v) is 4.75. The zero-order valence-corrected chi connectivity index (χ0v) is 9.14. The number of hydrogen-bond acceptors (Lipinski definition) is 5. The molecule has 1 heterocycles. The van der Waals surface area contributed by atoms with Crippen molar-refractivity contribution < 1.29 is 9.66 Å². The van der Waals surface area contributed by atoms with E-state index in [9.17, 15) is 10.1 Å². The summed E-state index contributed by atoms with van der Waals surface area (Å²) in [7, 11) is 1.64. The van der Waals surface area contributed by atoms with Crippen molar-refractivity contribution in [2.75, 3.05) is 19.0 Å². The summed E-state index contributed by atoms with van der Waals surface area (Å²) >= 11 is 0. The number of allylic oxidation sites excluding steroid dienone is 1. The monoisotopic (exact) mass is 223 g/mol. The van der Waals surface area contributed by atoms with Crippen LogP contribution in [0.4, 0.5) is 11.5 Å². The van der Waals surface area contributed by atoms with Gasteiger partial charge in [0.1, 0.15) is 12.4 Å². The summed E-state index contributed by atoms with van der Waals surface area (Å²) in [6.45, 7) is 2.21. The van der Waals surface area contributed by atoms with Gasteiger partial charge in [-0.05, 0) is 6.92 Å². The number of nitro groups is 1. The van der Waals surface area contributed by atoms with Gasteiger partial charge in [0.25, 0.3) is 5.69 Å². The van der Waals surface area contributed by atoms with Crippen LogP contribution in [0.25, 0.3) is 0 Å².